The van der Waals surface area contributed by atoms with E-state index in [0.29, 0.717) is 11.3 Å². The van der Waals surface area contributed by atoms with Gasteiger partial charge < -0.3 is 15.2 Å². The van der Waals surface area contributed by atoms with Gasteiger partial charge in [-0.2, -0.15) is 0 Å². The lowest BCUT2D eigenvalue weighted by Gasteiger charge is -2.24. The number of halogens is 1. The minimum absolute atomic E-state index is 0.175. The van der Waals surface area contributed by atoms with Crippen molar-refractivity contribution in [3.05, 3.63) is 29.6 Å². The molecule has 17 heavy (non-hydrogen) atoms. The average Bonchev–Trinajstić information content (AvgIpc) is 2.27. The number of aliphatic hydroxyl groups is 1. The van der Waals surface area contributed by atoms with E-state index < -0.39 is 6.10 Å². The van der Waals surface area contributed by atoms with E-state index in [0.717, 1.165) is 0 Å². The molecule has 3 nitrogen and oxygen atoms in total. The van der Waals surface area contributed by atoms with Crippen LogP contribution in [0.1, 0.15) is 32.4 Å². The smallest absolute Gasteiger partial charge is 0.124 e. The fourth-order valence-electron chi connectivity index (χ4n) is 1.82. The molecule has 0 aliphatic heterocycles. The Morgan fingerprint density at radius 2 is 1.94 bits per heavy atom. The van der Waals surface area contributed by atoms with Gasteiger partial charge in [0.1, 0.15) is 11.6 Å². The molecule has 0 aliphatic rings. The van der Waals surface area contributed by atoms with Crippen LogP contribution < -0.4 is 10.1 Å². The normalized spacial score (nSPS) is 14.8. The summed E-state index contributed by atoms with van der Waals surface area (Å²) in [5.74, 6) is 0.118. The van der Waals surface area contributed by atoms with E-state index in [2.05, 4.69) is 5.32 Å². The number of hydrogen-bond donors (Lipinski definition) is 2. The first-order valence-electron chi connectivity index (χ1n) is 5.73. The van der Waals surface area contributed by atoms with Gasteiger partial charge >= 0.3 is 0 Å². The van der Waals surface area contributed by atoms with Crippen molar-refractivity contribution in [2.75, 3.05) is 7.11 Å². The predicted molar refractivity (Wildman–Crippen MR) is 65.6 cm³/mol. The monoisotopic (exact) mass is 241 g/mol. The zero-order chi connectivity index (χ0) is 13.0. The second-order valence-electron chi connectivity index (χ2n) is 4.44. The second kappa shape index (κ2) is 5.98. The topological polar surface area (TPSA) is 41.5 Å². The summed E-state index contributed by atoms with van der Waals surface area (Å²) in [5.41, 5.74) is 0.466. The van der Waals surface area contributed by atoms with Gasteiger partial charge in [0, 0.05) is 17.6 Å². The van der Waals surface area contributed by atoms with Crippen molar-refractivity contribution in [2.45, 2.75) is 39.0 Å². The van der Waals surface area contributed by atoms with Crippen LogP contribution in [-0.4, -0.2) is 24.3 Å². The average molecular weight is 241 g/mol. The van der Waals surface area contributed by atoms with E-state index in [1.807, 2.05) is 20.8 Å². The van der Waals surface area contributed by atoms with Gasteiger partial charge in [0.25, 0.3) is 0 Å². The van der Waals surface area contributed by atoms with Gasteiger partial charge in [-0.25, -0.2) is 4.39 Å². The number of rotatable bonds is 5. The molecule has 1 aromatic carbocycles. The molecule has 0 aliphatic carbocycles. The predicted octanol–water partition coefficient (Wildman–Crippen LogP) is 2.25. The van der Waals surface area contributed by atoms with Crippen LogP contribution in [0, 0.1) is 5.82 Å². The summed E-state index contributed by atoms with van der Waals surface area (Å²) in [4.78, 5) is 0. The third-order valence-corrected chi connectivity index (χ3v) is 2.58. The Hall–Kier alpha value is -1.13. The summed E-state index contributed by atoms with van der Waals surface area (Å²) < 4.78 is 18.3. The molecule has 96 valence electrons. The van der Waals surface area contributed by atoms with Gasteiger partial charge in [-0.05, 0) is 25.1 Å². The standard InChI is InChI=1S/C13H20FNO2/c1-8(2)15-9(3)13(16)11-7-10(14)5-6-12(11)17-4/h5-9,13,15-16H,1-4H3. The third-order valence-electron chi connectivity index (χ3n) is 2.58. The van der Waals surface area contributed by atoms with Gasteiger partial charge in [-0.1, -0.05) is 13.8 Å². The van der Waals surface area contributed by atoms with Crippen LogP contribution in [0.4, 0.5) is 4.39 Å². The Kier molecular flexibility index (Phi) is 4.90. The molecule has 4 heteroatoms. The Labute approximate surface area is 102 Å². The minimum atomic E-state index is -0.803. The summed E-state index contributed by atoms with van der Waals surface area (Å²) in [7, 11) is 1.50. The van der Waals surface area contributed by atoms with Crippen molar-refractivity contribution < 1.29 is 14.2 Å². The molecule has 0 saturated carbocycles. The molecule has 2 unspecified atom stereocenters. The fourth-order valence-corrected chi connectivity index (χ4v) is 1.82. The van der Waals surface area contributed by atoms with Gasteiger partial charge in [0.2, 0.25) is 0 Å². The Balaban J connectivity index is 2.93. The number of methoxy groups -OCH3 is 1. The van der Waals surface area contributed by atoms with Crippen molar-refractivity contribution in [3.63, 3.8) is 0 Å². The molecule has 2 atom stereocenters. The van der Waals surface area contributed by atoms with Gasteiger partial charge in [0.05, 0.1) is 13.2 Å². The maximum atomic E-state index is 13.2. The van der Waals surface area contributed by atoms with E-state index in [-0.39, 0.29) is 17.9 Å². The summed E-state index contributed by atoms with van der Waals surface area (Å²) >= 11 is 0. The lowest BCUT2D eigenvalue weighted by atomic mass is 10.0. The lowest BCUT2D eigenvalue weighted by Crippen LogP contribution is -2.37. The highest BCUT2D eigenvalue weighted by atomic mass is 19.1. The maximum Gasteiger partial charge on any atom is 0.124 e. The highest BCUT2D eigenvalue weighted by molar-refractivity contribution is 5.36. The van der Waals surface area contributed by atoms with E-state index >= 15 is 0 Å². The molecule has 2 N–H and O–H groups in total. The quantitative estimate of drug-likeness (QED) is 0.830. The minimum Gasteiger partial charge on any atom is -0.496 e. The molecule has 0 spiro atoms. The zero-order valence-electron chi connectivity index (χ0n) is 10.7. The maximum absolute atomic E-state index is 13.2. The zero-order valence-corrected chi connectivity index (χ0v) is 10.7. The fraction of sp³-hybridized carbons (Fsp3) is 0.538. The summed E-state index contributed by atoms with van der Waals surface area (Å²) in [5, 5.41) is 13.3. The van der Waals surface area contributed by atoms with Crippen LogP contribution in [0.25, 0.3) is 0 Å². The van der Waals surface area contributed by atoms with Gasteiger partial charge in [0.15, 0.2) is 0 Å². The first-order chi connectivity index (χ1) is 7.95. The van der Waals surface area contributed by atoms with Crippen LogP contribution in [-0.2, 0) is 0 Å². The van der Waals surface area contributed by atoms with Crippen LogP contribution >= 0.6 is 0 Å². The SMILES string of the molecule is COc1ccc(F)cc1C(O)C(C)NC(C)C. The number of hydrogen-bond acceptors (Lipinski definition) is 3. The molecule has 1 aromatic rings. The highest BCUT2D eigenvalue weighted by Gasteiger charge is 2.21. The summed E-state index contributed by atoms with van der Waals surface area (Å²) in [6.07, 6.45) is -0.803. The number of ether oxygens (including phenoxy) is 1. The van der Waals surface area contributed by atoms with Crippen molar-refractivity contribution in [1.82, 2.24) is 5.32 Å². The molecular weight excluding hydrogens is 221 g/mol. The number of aliphatic hydroxyl groups excluding tert-OH is 1. The molecule has 0 heterocycles. The van der Waals surface area contributed by atoms with Crippen LogP contribution in [0.2, 0.25) is 0 Å². The van der Waals surface area contributed by atoms with Gasteiger partial charge in [-0.15, -0.1) is 0 Å². The number of benzene rings is 1. The molecule has 0 aromatic heterocycles. The summed E-state index contributed by atoms with van der Waals surface area (Å²) in [6, 6.07) is 4.22. The van der Waals surface area contributed by atoms with E-state index in [1.165, 1.54) is 25.3 Å². The van der Waals surface area contributed by atoms with E-state index in [1.54, 1.807) is 0 Å². The van der Waals surface area contributed by atoms with E-state index in [9.17, 15) is 9.50 Å². The van der Waals surface area contributed by atoms with Crippen molar-refractivity contribution >= 4 is 0 Å². The molecular formula is C13H20FNO2. The first-order valence-corrected chi connectivity index (χ1v) is 5.73. The highest BCUT2D eigenvalue weighted by Crippen LogP contribution is 2.28. The van der Waals surface area contributed by atoms with E-state index in [4.69, 9.17) is 4.74 Å². The van der Waals surface area contributed by atoms with Crippen LogP contribution in [0.3, 0.4) is 0 Å². The van der Waals surface area contributed by atoms with Crippen LogP contribution in [0.5, 0.6) is 5.75 Å². The molecule has 0 fully saturated rings. The van der Waals surface area contributed by atoms with Crippen molar-refractivity contribution in [2.24, 2.45) is 0 Å². The number of nitrogens with one attached hydrogen (secondary N) is 1. The molecule has 0 radical (unpaired) electrons. The first kappa shape index (κ1) is 13.9. The molecule has 0 amide bonds. The summed E-state index contributed by atoms with van der Waals surface area (Å²) in [6.45, 7) is 5.84. The lowest BCUT2D eigenvalue weighted by molar-refractivity contribution is 0.128. The Morgan fingerprint density at radius 1 is 1.29 bits per heavy atom. The van der Waals surface area contributed by atoms with Crippen molar-refractivity contribution in [3.8, 4) is 5.75 Å². The van der Waals surface area contributed by atoms with Gasteiger partial charge in [-0.3, -0.25) is 0 Å². The van der Waals surface area contributed by atoms with Crippen LogP contribution in [0.15, 0.2) is 18.2 Å². The second-order valence-corrected chi connectivity index (χ2v) is 4.44. The molecule has 0 saturated heterocycles. The Morgan fingerprint density at radius 3 is 2.47 bits per heavy atom. The molecule has 1 rings (SSSR count). The van der Waals surface area contributed by atoms with Crippen molar-refractivity contribution in [1.29, 1.82) is 0 Å². The third kappa shape index (κ3) is 3.68. The largest absolute Gasteiger partial charge is 0.496 e. The molecule has 0 bridgehead atoms. The Bertz CT molecular complexity index is 368.